The zero-order valence-electron chi connectivity index (χ0n) is 4.98. The number of hydrogen-bond donors (Lipinski definition) is 0. The zero-order valence-corrected chi connectivity index (χ0v) is 4.98. The largest absolute Gasteiger partial charge is 0.0844 e. The summed E-state index contributed by atoms with van der Waals surface area (Å²) >= 11 is 0. The number of fused-ring (bicyclic) bond motifs is 3. The van der Waals surface area contributed by atoms with E-state index >= 15 is 0 Å². The molecule has 1 fully saturated rings. The van der Waals surface area contributed by atoms with E-state index in [1.807, 2.05) is 0 Å². The fourth-order valence-corrected chi connectivity index (χ4v) is 1.40. The van der Waals surface area contributed by atoms with Crippen LogP contribution in [0.5, 0.6) is 0 Å². The summed E-state index contributed by atoms with van der Waals surface area (Å²) in [6, 6.07) is 0. The lowest BCUT2D eigenvalue weighted by molar-refractivity contribution is 0.861. The molecule has 3 rings (SSSR count). The first kappa shape index (κ1) is 4.37. The van der Waals surface area contributed by atoms with Crippen molar-refractivity contribution in [2.45, 2.75) is 25.7 Å². The van der Waals surface area contributed by atoms with Gasteiger partial charge in [-0.3, -0.25) is 0 Å². The van der Waals surface area contributed by atoms with Crippen molar-refractivity contribution in [1.29, 1.82) is 0 Å². The second-order valence-corrected chi connectivity index (χ2v) is 2.66. The highest BCUT2D eigenvalue weighted by molar-refractivity contribution is 5.33. The van der Waals surface area contributed by atoms with Crippen molar-refractivity contribution >= 4 is 0 Å². The van der Waals surface area contributed by atoms with Crippen molar-refractivity contribution in [1.82, 2.24) is 0 Å². The van der Waals surface area contributed by atoms with Crippen LogP contribution in [0.3, 0.4) is 0 Å². The quantitative estimate of drug-likeness (QED) is 0.416. The van der Waals surface area contributed by atoms with Crippen molar-refractivity contribution in [3.63, 3.8) is 0 Å². The van der Waals surface area contributed by atoms with Gasteiger partial charge in [0.25, 0.3) is 0 Å². The molecule has 3 aliphatic rings. The summed E-state index contributed by atoms with van der Waals surface area (Å²) in [5.74, 6) is 0. The lowest BCUT2D eigenvalue weighted by Crippen LogP contribution is -1.99. The Labute approximate surface area is 49.9 Å². The van der Waals surface area contributed by atoms with Crippen LogP contribution in [0, 0.1) is 0 Å². The van der Waals surface area contributed by atoms with Crippen molar-refractivity contribution in [3.05, 3.63) is 23.3 Å². The molecule has 0 aromatic carbocycles. The molecule has 0 unspecified atom stereocenters. The standard InChI is InChI=1S/C8H10/c1-2-4-8-5-7(3-1)6-8/h3-4H,1-2,5-6H2. The van der Waals surface area contributed by atoms with Crippen LogP contribution in [-0.2, 0) is 0 Å². The minimum Gasteiger partial charge on any atom is -0.0844 e. The molecule has 0 heterocycles. The molecular formula is C8H10. The molecule has 2 bridgehead atoms. The first-order valence-corrected chi connectivity index (χ1v) is 3.31. The molecule has 8 heavy (non-hydrogen) atoms. The van der Waals surface area contributed by atoms with Crippen molar-refractivity contribution < 1.29 is 0 Å². The van der Waals surface area contributed by atoms with Gasteiger partial charge in [-0.1, -0.05) is 23.3 Å². The number of hydrogen-bond acceptors (Lipinski definition) is 0. The SMILES string of the molecule is C1=C2CC(=CCC1)C2. The molecule has 0 amide bonds. The van der Waals surface area contributed by atoms with Crippen LogP contribution in [0.4, 0.5) is 0 Å². The van der Waals surface area contributed by atoms with E-state index in [-0.39, 0.29) is 0 Å². The fraction of sp³-hybridized carbons (Fsp3) is 0.500. The minimum absolute atomic E-state index is 1.29. The molecule has 0 aliphatic heterocycles. The Kier molecular flexibility index (Phi) is 0.806. The molecular weight excluding hydrogens is 96.1 g/mol. The van der Waals surface area contributed by atoms with Gasteiger partial charge < -0.3 is 0 Å². The molecule has 0 N–H and O–H groups in total. The summed E-state index contributed by atoms with van der Waals surface area (Å²) in [4.78, 5) is 0. The van der Waals surface area contributed by atoms with Crippen LogP contribution < -0.4 is 0 Å². The van der Waals surface area contributed by atoms with Gasteiger partial charge in [0.1, 0.15) is 0 Å². The highest BCUT2D eigenvalue weighted by Crippen LogP contribution is 2.35. The van der Waals surface area contributed by atoms with Crippen molar-refractivity contribution in [2.24, 2.45) is 0 Å². The molecule has 0 aromatic rings. The fourth-order valence-electron chi connectivity index (χ4n) is 1.40. The first-order valence-electron chi connectivity index (χ1n) is 3.31. The third-order valence-corrected chi connectivity index (χ3v) is 1.94. The van der Waals surface area contributed by atoms with E-state index in [2.05, 4.69) is 12.2 Å². The molecule has 0 aromatic heterocycles. The maximum Gasteiger partial charge on any atom is -0.0102 e. The summed E-state index contributed by atoms with van der Waals surface area (Å²) in [5, 5.41) is 0. The van der Waals surface area contributed by atoms with Gasteiger partial charge >= 0.3 is 0 Å². The van der Waals surface area contributed by atoms with Crippen molar-refractivity contribution in [3.8, 4) is 0 Å². The maximum absolute atomic E-state index is 2.40. The number of allylic oxidation sites excluding steroid dienone is 4. The Morgan fingerprint density at radius 3 is 1.88 bits per heavy atom. The Morgan fingerprint density at radius 2 is 1.38 bits per heavy atom. The van der Waals surface area contributed by atoms with Gasteiger partial charge in [-0.25, -0.2) is 0 Å². The van der Waals surface area contributed by atoms with E-state index in [0.29, 0.717) is 0 Å². The highest BCUT2D eigenvalue weighted by Gasteiger charge is 2.15. The third kappa shape index (κ3) is 0.525. The van der Waals surface area contributed by atoms with E-state index < -0.39 is 0 Å². The normalized spacial score (nSPS) is 25.0. The van der Waals surface area contributed by atoms with Gasteiger partial charge in [-0.2, -0.15) is 0 Å². The van der Waals surface area contributed by atoms with E-state index in [1.165, 1.54) is 25.7 Å². The smallest absolute Gasteiger partial charge is 0.0102 e. The molecule has 42 valence electrons. The van der Waals surface area contributed by atoms with E-state index in [1.54, 1.807) is 11.1 Å². The second-order valence-electron chi connectivity index (χ2n) is 2.66. The van der Waals surface area contributed by atoms with Crippen LogP contribution >= 0.6 is 0 Å². The van der Waals surface area contributed by atoms with Crippen molar-refractivity contribution in [2.75, 3.05) is 0 Å². The van der Waals surface area contributed by atoms with Crippen LogP contribution in [-0.4, -0.2) is 0 Å². The monoisotopic (exact) mass is 106 g/mol. The molecule has 0 heteroatoms. The summed E-state index contributed by atoms with van der Waals surface area (Å²) in [7, 11) is 0. The molecule has 0 spiro atoms. The molecule has 0 saturated heterocycles. The third-order valence-electron chi connectivity index (χ3n) is 1.94. The lowest BCUT2D eigenvalue weighted by atomic mass is 9.87. The molecule has 1 saturated carbocycles. The maximum atomic E-state index is 2.40. The predicted molar refractivity (Wildman–Crippen MR) is 34.6 cm³/mol. The number of rotatable bonds is 0. The summed E-state index contributed by atoms with van der Waals surface area (Å²) < 4.78 is 0. The van der Waals surface area contributed by atoms with E-state index in [9.17, 15) is 0 Å². The Bertz CT molecular complexity index is 133. The lowest BCUT2D eigenvalue weighted by Gasteiger charge is -2.18. The minimum atomic E-state index is 1.29. The first-order chi connectivity index (χ1) is 3.95. The van der Waals surface area contributed by atoms with Gasteiger partial charge in [0.05, 0.1) is 0 Å². The predicted octanol–water partition coefficient (Wildman–Crippen LogP) is 2.43. The molecule has 3 aliphatic carbocycles. The van der Waals surface area contributed by atoms with Gasteiger partial charge in [-0.15, -0.1) is 0 Å². The Hall–Kier alpha value is -0.520. The summed E-state index contributed by atoms with van der Waals surface area (Å²) in [6.07, 6.45) is 9.98. The van der Waals surface area contributed by atoms with E-state index in [0.717, 1.165) is 0 Å². The van der Waals surface area contributed by atoms with Crippen LogP contribution in [0.1, 0.15) is 25.7 Å². The summed E-state index contributed by atoms with van der Waals surface area (Å²) in [6.45, 7) is 0. The highest BCUT2D eigenvalue weighted by atomic mass is 14.2. The van der Waals surface area contributed by atoms with Gasteiger partial charge in [-0.05, 0) is 25.7 Å². The molecule has 0 atom stereocenters. The average Bonchev–Trinajstić information content (AvgIpc) is 1.89. The Balaban J connectivity index is 2.28. The molecule has 0 radical (unpaired) electrons. The van der Waals surface area contributed by atoms with Crippen LogP contribution in [0.25, 0.3) is 0 Å². The summed E-state index contributed by atoms with van der Waals surface area (Å²) in [5.41, 5.74) is 3.35. The Morgan fingerprint density at radius 1 is 0.875 bits per heavy atom. The average molecular weight is 106 g/mol. The topological polar surface area (TPSA) is 0 Å². The van der Waals surface area contributed by atoms with Gasteiger partial charge in [0.15, 0.2) is 0 Å². The zero-order chi connectivity index (χ0) is 5.40. The second kappa shape index (κ2) is 1.48. The van der Waals surface area contributed by atoms with Gasteiger partial charge in [0.2, 0.25) is 0 Å². The van der Waals surface area contributed by atoms with E-state index in [4.69, 9.17) is 0 Å². The van der Waals surface area contributed by atoms with Crippen LogP contribution in [0.15, 0.2) is 23.3 Å². The van der Waals surface area contributed by atoms with Gasteiger partial charge in [0, 0.05) is 0 Å². The molecule has 0 nitrogen and oxygen atoms in total. The van der Waals surface area contributed by atoms with Crippen LogP contribution in [0.2, 0.25) is 0 Å².